The summed E-state index contributed by atoms with van der Waals surface area (Å²) in [6.07, 6.45) is 0. The molecule has 0 spiro atoms. The van der Waals surface area contributed by atoms with Crippen molar-refractivity contribution in [1.82, 2.24) is 0 Å². The maximum Gasteiger partial charge on any atom is 0.283 e. The predicted octanol–water partition coefficient (Wildman–Crippen LogP) is 5.89. The van der Waals surface area contributed by atoms with Gasteiger partial charge in [0.2, 0.25) is 0 Å². The number of rotatable bonds is 4. The van der Waals surface area contributed by atoms with E-state index in [2.05, 4.69) is 0 Å². The van der Waals surface area contributed by atoms with Gasteiger partial charge in [0.05, 0.1) is 5.02 Å². The second-order valence-electron chi connectivity index (χ2n) is 6.05. The average Bonchev–Trinajstić information content (AvgIpc) is 2.64. The molecule has 152 valence electrons. The van der Waals surface area contributed by atoms with E-state index in [0.29, 0.717) is 5.02 Å². The standard InChI is InChI=1S/C19H12Cl4O5S/c20-11-6-4-10(5-7-11)19(29(26,27)28,16-13(21)2-1-3-14(16)22)12-8-9-15(23)18(25)17(12)24/h1-9,24-25H,(H,26,27,28). The van der Waals surface area contributed by atoms with Crippen molar-refractivity contribution in [2.24, 2.45) is 0 Å². The van der Waals surface area contributed by atoms with Crippen molar-refractivity contribution in [2.75, 3.05) is 0 Å². The van der Waals surface area contributed by atoms with Crippen molar-refractivity contribution in [2.45, 2.75) is 4.75 Å². The Bertz CT molecular complexity index is 1180. The Morgan fingerprint density at radius 2 is 1.28 bits per heavy atom. The van der Waals surface area contributed by atoms with Crippen LogP contribution >= 0.6 is 46.4 Å². The van der Waals surface area contributed by atoms with Gasteiger partial charge in [0, 0.05) is 26.2 Å². The van der Waals surface area contributed by atoms with Crippen molar-refractivity contribution < 1.29 is 23.2 Å². The van der Waals surface area contributed by atoms with E-state index in [0.717, 1.165) is 6.07 Å². The minimum absolute atomic E-state index is 0.0311. The molecule has 29 heavy (non-hydrogen) atoms. The number of phenolic OH excluding ortho intramolecular Hbond substituents is 2. The second-order valence-corrected chi connectivity index (χ2v) is 9.27. The molecule has 0 saturated carbocycles. The van der Waals surface area contributed by atoms with Gasteiger partial charge >= 0.3 is 0 Å². The Kier molecular flexibility index (Phi) is 5.98. The fourth-order valence-electron chi connectivity index (χ4n) is 3.21. The predicted molar refractivity (Wildman–Crippen MR) is 114 cm³/mol. The van der Waals surface area contributed by atoms with Crippen LogP contribution in [0.25, 0.3) is 0 Å². The first-order chi connectivity index (χ1) is 13.5. The van der Waals surface area contributed by atoms with Gasteiger partial charge in [-0.05, 0) is 35.9 Å². The van der Waals surface area contributed by atoms with Crippen LogP contribution in [0.15, 0.2) is 54.6 Å². The quantitative estimate of drug-likeness (QED) is 0.239. The number of hydrogen-bond acceptors (Lipinski definition) is 4. The van der Waals surface area contributed by atoms with Crippen molar-refractivity contribution in [1.29, 1.82) is 0 Å². The molecule has 0 aliphatic carbocycles. The van der Waals surface area contributed by atoms with Gasteiger partial charge in [0.15, 0.2) is 16.2 Å². The lowest BCUT2D eigenvalue weighted by atomic mass is 9.83. The van der Waals surface area contributed by atoms with Crippen LogP contribution in [0.1, 0.15) is 16.7 Å². The molecule has 3 rings (SSSR count). The first kappa shape index (κ1) is 22.0. The molecular formula is C19H12Cl4O5S. The molecule has 5 nitrogen and oxygen atoms in total. The smallest absolute Gasteiger partial charge is 0.283 e. The first-order valence-electron chi connectivity index (χ1n) is 7.90. The number of hydrogen-bond donors (Lipinski definition) is 3. The van der Waals surface area contributed by atoms with Gasteiger partial charge in [-0.25, -0.2) is 0 Å². The monoisotopic (exact) mass is 492 g/mol. The summed E-state index contributed by atoms with van der Waals surface area (Å²) in [6, 6.07) is 12.0. The van der Waals surface area contributed by atoms with E-state index in [1.807, 2.05) is 0 Å². The molecule has 1 atom stereocenters. The topological polar surface area (TPSA) is 94.8 Å². The van der Waals surface area contributed by atoms with Crippen molar-refractivity contribution in [3.63, 3.8) is 0 Å². The number of benzene rings is 3. The van der Waals surface area contributed by atoms with Gasteiger partial charge in [0.25, 0.3) is 10.1 Å². The van der Waals surface area contributed by atoms with Crippen LogP contribution in [-0.4, -0.2) is 23.2 Å². The van der Waals surface area contributed by atoms with Crippen LogP contribution in [0, 0.1) is 0 Å². The van der Waals surface area contributed by atoms with Gasteiger partial charge in [-0.1, -0.05) is 70.7 Å². The van der Waals surface area contributed by atoms with E-state index in [-0.39, 0.29) is 26.2 Å². The van der Waals surface area contributed by atoms with E-state index < -0.39 is 31.9 Å². The molecule has 3 aromatic carbocycles. The zero-order valence-electron chi connectivity index (χ0n) is 14.3. The maximum atomic E-state index is 13.0. The highest BCUT2D eigenvalue weighted by atomic mass is 35.5. The summed E-state index contributed by atoms with van der Waals surface area (Å²) in [4.78, 5) is 0. The SMILES string of the molecule is O=S(=O)(O)C(c1ccc(Cl)cc1)(c1ccc(Cl)c(O)c1O)c1c(Cl)cccc1Cl. The molecule has 0 aliphatic rings. The third kappa shape index (κ3) is 3.54. The molecular weight excluding hydrogens is 482 g/mol. The Labute approximate surface area is 186 Å². The Hall–Kier alpha value is -1.67. The zero-order valence-corrected chi connectivity index (χ0v) is 18.1. The van der Waals surface area contributed by atoms with Crippen LogP contribution in [0.2, 0.25) is 20.1 Å². The lowest BCUT2D eigenvalue weighted by Gasteiger charge is -2.34. The van der Waals surface area contributed by atoms with Crippen molar-refractivity contribution in [3.8, 4) is 11.5 Å². The van der Waals surface area contributed by atoms with Crippen molar-refractivity contribution >= 4 is 56.5 Å². The molecule has 0 radical (unpaired) electrons. The molecule has 10 heteroatoms. The Balaban J connectivity index is 2.63. The third-order valence-electron chi connectivity index (χ3n) is 4.43. The average molecular weight is 494 g/mol. The van der Waals surface area contributed by atoms with E-state index in [1.54, 1.807) is 0 Å². The van der Waals surface area contributed by atoms with E-state index in [4.69, 9.17) is 46.4 Å². The van der Waals surface area contributed by atoms with E-state index in [1.165, 1.54) is 48.5 Å². The molecule has 1 unspecified atom stereocenters. The van der Waals surface area contributed by atoms with Crippen LogP contribution in [0.5, 0.6) is 11.5 Å². The highest BCUT2D eigenvalue weighted by molar-refractivity contribution is 7.87. The van der Waals surface area contributed by atoms with Crippen LogP contribution < -0.4 is 0 Å². The lowest BCUT2D eigenvalue weighted by molar-refractivity contribution is 0.394. The summed E-state index contributed by atoms with van der Waals surface area (Å²) in [5.74, 6) is -1.63. The van der Waals surface area contributed by atoms with Crippen LogP contribution in [-0.2, 0) is 14.9 Å². The number of halogens is 4. The molecule has 0 aromatic heterocycles. The fraction of sp³-hybridized carbons (Fsp3) is 0.0526. The molecule has 0 amide bonds. The summed E-state index contributed by atoms with van der Waals surface area (Å²) in [7, 11) is -5.12. The molecule has 0 fully saturated rings. The third-order valence-corrected chi connectivity index (χ3v) is 7.05. The highest BCUT2D eigenvalue weighted by Crippen LogP contribution is 2.53. The normalized spacial score (nSPS) is 13.8. The summed E-state index contributed by atoms with van der Waals surface area (Å²) >= 11 is 24.4. The van der Waals surface area contributed by atoms with Gasteiger partial charge in [-0.3, -0.25) is 4.55 Å². The van der Waals surface area contributed by atoms with Gasteiger partial charge in [-0.2, -0.15) is 8.42 Å². The molecule has 3 N–H and O–H groups in total. The summed E-state index contributed by atoms with van der Waals surface area (Å²) in [5, 5.41) is 20.6. The highest BCUT2D eigenvalue weighted by Gasteiger charge is 2.52. The molecule has 0 aliphatic heterocycles. The lowest BCUT2D eigenvalue weighted by Crippen LogP contribution is -2.39. The first-order valence-corrected chi connectivity index (χ1v) is 10.9. The number of aromatic hydroxyl groups is 2. The minimum Gasteiger partial charge on any atom is -0.504 e. The zero-order chi connectivity index (χ0) is 21.6. The molecule has 0 heterocycles. The van der Waals surface area contributed by atoms with Gasteiger partial charge in [-0.15, -0.1) is 0 Å². The van der Waals surface area contributed by atoms with E-state index in [9.17, 15) is 23.2 Å². The molecule has 0 saturated heterocycles. The van der Waals surface area contributed by atoms with E-state index >= 15 is 0 Å². The van der Waals surface area contributed by atoms with Crippen LogP contribution in [0.3, 0.4) is 0 Å². The fourth-order valence-corrected chi connectivity index (χ4v) is 5.64. The second kappa shape index (κ2) is 7.87. The van der Waals surface area contributed by atoms with Gasteiger partial charge in [0.1, 0.15) is 0 Å². The molecule has 0 bridgehead atoms. The Morgan fingerprint density at radius 3 is 1.79 bits per heavy atom. The summed E-state index contributed by atoms with van der Waals surface area (Å²) in [6.45, 7) is 0. The van der Waals surface area contributed by atoms with Crippen molar-refractivity contribution in [3.05, 3.63) is 91.4 Å². The summed E-state index contributed by atoms with van der Waals surface area (Å²) < 4.78 is 33.9. The van der Waals surface area contributed by atoms with Crippen LogP contribution in [0.4, 0.5) is 0 Å². The Morgan fingerprint density at radius 1 is 0.724 bits per heavy atom. The largest absolute Gasteiger partial charge is 0.504 e. The minimum atomic E-state index is -5.12. The number of phenols is 2. The summed E-state index contributed by atoms with van der Waals surface area (Å²) in [5.41, 5.74) is -0.652. The maximum absolute atomic E-state index is 13.0. The van der Waals surface area contributed by atoms with Gasteiger partial charge < -0.3 is 10.2 Å². The molecule has 3 aromatic rings.